The normalized spacial score (nSPS) is 10.0. The number of amides is 2. The number of halogens is 1. The SMILES string of the molecule is CCC(=O)Nc1ccccc1C(=O)C(=O)Nc1cccc(F)c1. The van der Waals surface area contributed by atoms with Crippen LogP contribution >= 0.6 is 0 Å². The lowest BCUT2D eigenvalue weighted by atomic mass is 10.1. The van der Waals surface area contributed by atoms with E-state index in [1.54, 1.807) is 19.1 Å². The Morgan fingerprint density at radius 1 is 1.00 bits per heavy atom. The summed E-state index contributed by atoms with van der Waals surface area (Å²) < 4.78 is 13.1. The molecule has 2 aromatic carbocycles. The number of ketones is 1. The van der Waals surface area contributed by atoms with Gasteiger partial charge in [0.25, 0.3) is 11.7 Å². The average Bonchev–Trinajstić information content (AvgIpc) is 2.54. The van der Waals surface area contributed by atoms with Crippen LogP contribution in [-0.4, -0.2) is 17.6 Å². The summed E-state index contributed by atoms with van der Waals surface area (Å²) in [6.45, 7) is 1.68. The Labute approximate surface area is 132 Å². The predicted molar refractivity (Wildman–Crippen MR) is 84.7 cm³/mol. The average molecular weight is 314 g/mol. The van der Waals surface area contributed by atoms with Crippen molar-refractivity contribution < 1.29 is 18.8 Å². The van der Waals surface area contributed by atoms with E-state index in [0.29, 0.717) is 0 Å². The van der Waals surface area contributed by atoms with Gasteiger partial charge in [0.2, 0.25) is 5.91 Å². The highest BCUT2D eigenvalue weighted by Gasteiger charge is 2.20. The van der Waals surface area contributed by atoms with Crippen LogP contribution in [0.25, 0.3) is 0 Å². The highest BCUT2D eigenvalue weighted by atomic mass is 19.1. The molecule has 0 bridgehead atoms. The van der Waals surface area contributed by atoms with Crippen molar-refractivity contribution in [3.8, 4) is 0 Å². The third-order valence-corrected chi connectivity index (χ3v) is 3.06. The molecule has 0 spiro atoms. The number of anilines is 2. The van der Waals surface area contributed by atoms with Gasteiger partial charge in [0.05, 0.1) is 11.3 Å². The number of carbonyl (C=O) groups is 3. The van der Waals surface area contributed by atoms with Gasteiger partial charge in [-0.25, -0.2) is 4.39 Å². The van der Waals surface area contributed by atoms with E-state index in [2.05, 4.69) is 10.6 Å². The van der Waals surface area contributed by atoms with E-state index >= 15 is 0 Å². The van der Waals surface area contributed by atoms with Gasteiger partial charge < -0.3 is 10.6 Å². The first kappa shape index (κ1) is 16.4. The van der Waals surface area contributed by atoms with Gasteiger partial charge in [-0.05, 0) is 30.3 Å². The molecular weight excluding hydrogens is 299 g/mol. The maximum Gasteiger partial charge on any atom is 0.296 e. The first-order valence-corrected chi connectivity index (χ1v) is 7.01. The van der Waals surface area contributed by atoms with Crippen LogP contribution in [0.1, 0.15) is 23.7 Å². The number of benzene rings is 2. The molecule has 0 atom stereocenters. The zero-order valence-electron chi connectivity index (χ0n) is 12.4. The summed E-state index contributed by atoms with van der Waals surface area (Å²) in [6, 6.07) is 11.4. The Hall–Kier alpha value is -3.02. The lowest BCUT2D eigenvalue weighted by molar-refractivity contribution is -0.116. The van der Waals surface area contributed by atoms with Crippen molar-refractivity contribution in [1.82, 2.24) is 0 Å². The minimum absolute atomic E-state index is 0.0724. The minimum Gasteiger partial charge on any atom is -0.325 e. The number of para-hydroxylation sites is 1. The summed E-state index contributed by atoms with van der Waals surface area (Å²) in [4.78, 5) is 35.8. The van der Waals surface area contributed by atoms with Crippen LogP contribution in [0.4, 0.5) is 15.8 Å². The highest BCUT2D eigenvalue weighted by Crippen LogP contribution is 2.17. The molecule has 0 aliphatic heterocycles. The summed E-state index contributed by atoms with van der Waals surface area (Å²) in [6.07, 6.45) is 0.248. The summed E-state index contributed by atoms with van der Waals surface area (Å²) >= 11 is 0. The molecule has 0 radical (unpaired) electrons. The number of nitrogens with one attached hydrogen (secondary N) is 2. The fourth-order valence-corrected chi connectivity index (χ4v) is 1.91. The maximum atomic E-state index is 13.1. The van der Waals surface area contributed by atoms with E-state index in [4.69, 9.17) is 0 Å². The van der Waals surface area contributed by atoms with Crippen molar-refractivity contribution in [2.75, 3.05) is 10.6 Å². The number of hydrogen-bond donors (Lipinski definition) is 2. The Morgan fingerprint density at radius 3 is 2.43 bits per heavy atom. The van der Waals surface area contributed by atoms with E-state index in [-0.39, 0.29) is 29.3 Å². The molecule has 23 heavy (non-hydrogen) atoms. The van der Waals surface area contributed by atoms with Crippen LogP contribution in [0.5, 0.6) is 0 Å². The summed E-state index contributed by atoms with van der Waals surface area (Å²) in [5.41, 5.74) is 0.514. The monoisotopic (exact) mass is 314 g/mol. The Kier molecular flexibility index (Phi) is 5.19. The summed E-state index contributed by atoms with van der Waals surface area (Å²) in [5.74, 6) is -2.52. The molecule has 0 saturated carbocycles. The van der Waals surface area contributed by atoms with Crippen LogP contribution in [0, 0.1) is 5.82 Å². The van der Waals surface area contributed by atoms with Gasteiger partial charge >= 0.3 is 0 Å². The van der Waals surface area contributed by atoms with E-state index in [9.17, 15) is 18.8 Å². The predicted octanol–water partition coefficient (Wildman–Crippen LogP) is 3.00. The zero-order valence-corrected chi connectivity index (χ0v) is 12.4. The van der Waals surface area contributed by atoms with Gasteiger partial charge in [-0.3, -0.25) is 14.4 Å². The zero-order chi connectivity index (χ0) is 16.8. The molecule has 2 N–H and O–H groups in total. The van der Waals surface area contributed by atoms with E-state index in [0.717, 1.165) is 6.07 Å². The standard InChI is InChI=1S/C17H15FN2O3/c1-2-15(21)20-14-9-4-3-8-13(14)16(22)17(23)19-12-7-5-6-11(18)10-12/h3-10H,2H2,1H3,(H,19,23)(H,20,21). The van der Waals surface area contributed by atoms with Crippen molar-refractivity contribution in [1.29, 1.82) is 0 Å². The van der Waals surface area contributed by atoms with Crippen LogP contribution in [0.3, 0.4) is 0 Å². The van der Waals surface area contributed by atoms with Gasteiger partial charge in [-0.1, -0.05) is 25.1 Å². The molecule has 0 unspecified atom stereocenters. The fourth-order valence-electron chi connectivity index (χ4n) is 1.91. The first-order valence-electron chi connectivity index (χ1n) is 7.01. The Balaban J connectivity index is 2.19. The van der Waals surface area contributed by atoms with Crippen LogP contribution in [0.2, 0.25) is 0 Å². The molecule has 0 fully saturated rings. The molecule has 2 aromatic rings. The van der Waals surface area contributed by atoms with Gasteiger partial charge in [-0.15, -0.1) is 0 Å². The molecule has 118 valence electrons. The third kappa shape index (κ3) is 4.23. The number of hydrogen-bond acceptors (Lipinski definition) is 3. The molecule has 0 aromatic heterocycles. The topological polar surface area (TPSA) is 75.3 Å². The molecule has 0 heterocycles. The number of carbonyl (C=O) groups excluding carboxylic acids is 3. The van der Waals surface area contributed by atoms with Crippen LogP contribution in [-0.2, 0) is 9.59 Å². The third-order valence-electron chi connectivity index (χ3n) is 3.06. The Morgan fingerprint density at radius 2 is 1.74 bits per heavy atom. The van der Waals surface area contributed by atoms with Crippen molar-refractivity contribution in [3.05, 3.63) is 59.9 Å². The number of rotatable bonds is 5. The highest BCUT2D eigenvalue weighted by molar-refractivity contribution is 6.47. The van der Waals surface area contributed by atoms with E-state index < -0.39 is 17.5 Å². The van der Waals surface area contributed by atoms with Gasteiger partial charge in [-0.2, -0.15) is 0 Å². The number of Topliss-reactive ketones (excluding diaryl/α,β-unsaturated/α-hetero) is 1. The molecule has 6 heteroatoms. The largest absolute Gasteiger partial charge is 0.325 e. The lowest BCUT2D eigenvalue weighted by Gasteiger charge is -2.10. The molecule has 0 aliphatic carbocycles. The van der Waals surface area contributed by atoms with Crippen LogP contribution in [0.15, 0.2) is 48.5 Å². The quantitative estimate of drug-likeness (QED) is 0.658. The van der Waals surface area contributed by atoms with Gasteiger partial charge in [0.15, 0.2) is 0 Å². The van der Waals surface area contributed by atoms with Crippen molar-refractivity contribution in [2.45, 2.75) is 13.3 Å². The van der Waals surface area contributed by atoms with E-state index in [1.165, 1.54) is 30.3 Å². The molecule has 2 amide bonds. The lowest BCUT2D eigenvalue weighted by Crippen LogP contribution is -2.24. The minimum atomic E-state index is -0.909. The Bertz CT molecular complexity index is 759. The summed E-state index contributed by atoms with van der Waals surface area (Å²) in [5, 5.41) is 4.90. The van der Waals surface area contributed by atoms with Gasteiger partial charge in [0, 0.05) is 12.1 Å². The second-order valence-electron chi connectivity index (χ2n) is 4.74. The van der Waals surface area contributed by atoms with Crippen molar-refractivity contribution in [3.63, 3.8) is 0 Å². The molecule has 2 rings (SSSR count). The van der Waals surface area contributed by atoms with Crippen molar-refractivity contribution >= 4 is 29.0 Å². The van der Waals surface area contributed by atoms with Gasteiger partial charge in [0.1, 0.15) is 5.82 Å². The van der Waals surface area contributed by atoms with Crippen LogP contribution < -0.4 is 10.6 Å². The van der Waals surface area contributed by atoms with Crippen molar-refractivity contribution in [2.24, 2.45) is 0 Å². The molecule has 0 saturated heterocycles. The molecule has 5 nitrogen and oxygen atoms in total. The second-order valence-corrected chi connectivity index (χ2v) is 4.74. The smallest absolute Gasteiger partial charge is 0.296 e. The first-order chi connectivity index (χ1) is 11.0. The molecule has 0 aliphatic rings. The summed E-state index contributed by atoms with van der Waals surface area (Å²) in [7, 11) is 0. The maximum absolute atomic E-state index is 13.1. The second kappa shape index (κ2) is 7.31. The molecular formula is C17H15FN2O3. The van der Waals surface area contributed by atoms with E-state index in [1.807, 2.05) is 0 Å². The fraction of sp³-hybridized carbons (Fsp3) is 0.118.